The minimum Gasteiger partial charge on any atom is -0.392 e. The maximum absolute atomic E-state index is 11.8. The molecule has 0 aromatic carbocycles. The highest BCUT2D eigenvalue weighted by molar-refractivity contribution is 5.83. The number of aliphatic hydroxyl groups is 2. The molecule has 0 aromatic rings. The smallest absolute Gasteiger partial charge is 0.134 e. The lowest BCUT2D eigenvalue weighted by atomic mass is 9.63. The molecule has 2 saturated carbocycles. The fourth-order valence-electron chi connectivity index (χ4n) is 3.98. The van der Waals surface area contributed by atoms with Crippen LogP contribution < -0.4 is 0 Å². The maximum Gasteiger partial charge on any atom is 0.134 e. The van der Waals surface area contributed by atoms with E-state index in [-0.39, 0.29) is 22.0 Å². The molecule has 2 fully saturated rings. The van der Waals surface area contributed by atoms with Crippen LogP contribution in [0.1, 0.15) is 40.5 Å². The van der Waals surface area contributed by atoms with Gasteiger partial charge in [0.1, 0.15) is 5.78 Å². The highest BCUT2D eigenvalue weighted by Gasteiger charge is 2.79. The van der Waals surface area contributed by atoms with E-state index in [0.717, 1.165) is 0 Å². The lowest BCUT2D eigenvalue weighted by Crippen LogP contribution is -2.37. The zero-order valence-corrected chi connectivity index (χ0v) is 11.0. The summed E-state index contributed by atoms with van der Waals surface area (Å²) in [6.07, 6.45) is 3.62. The zero-order valence-electron chi connectivity index (χ0n) is 11.0. The summed E-state index contributed by atoms with van der Waals surface area (Å²) in [4.78, 5) is 11.8. The molecule has 0 bridgehead atoms. The molecule has 4 unspecified atom stereocenters. The Morgan fingerprint density at radius 3 is 2.41 bits per heavy atom. The van der Waals surface area contributed by atoms with Crippen molar-refractivity contribution in [3.05, 3.63) is 12.2 Å². The molecule has 2 N–H and O–H groups in total. The lowest BCUT2D eigenvalue weighted by molar-refractivity contribution is -0.126. The molecule has 0 amide bonds. The van der Waals surface area contributed by atoms with Gasteiger partial charge in [0.25, 0.3) is 0 Å². The van der Waals surface area contributed by atoms with Gasteiger partial charge in [-0.25, -0.2) is 0 Å². The van der Waals surface area contributed by atoms with Crippen molar-refractivity contribution in [3.8, 4) is 0 Å². The van der Waals surface area contributed by atoms with E-state index in [2.05, 4.69) is 0 Å². The first-order chi connectivity index (χ1) is 7.67. The minimum absolute atomic E-state index is 0.232. The fraction of sp³-hybridized carbons (Fsp3) is 0.786. The van der Waals surface area contributed by atoms with E-state index in [1.165, 1.54) is 0 Å². The van der Waals surface area contributed by atoms with Crippen molar-refractivity contribution in [2.45, 2.75) is 52.7 Å². The van der Waals surface area contributed by atoms with Gasteiger partial charge in [0.15, 0.2) is 0 Å². The van der Waals surface area contributed by atoms with Crippen LogP contribution in [0, 0.1) is 16.2 Å². The Kier molecular flexibility index (Phi) is 2.57. The summed E-state index contributed by atoms with van der Waals surface area (Å²) < 4.78 is 0. The van der Waals surface area contributed by atoms with Gasteiger partial charge < -0.3 is 10.2 Å². The molecule has 0 aliphatic heterocycles. The zero-order chi connectivity index (χ0) is 13.1. The van der Waals surface area contributed by atoms with Crippen molar-refractivity contribution in [2.24, 2.45) is 16.2 Å². The summed E-state index contributed by atoms with van der Waals surface area (Å²) >= 11 is 0. The summed E-state index contributed by atoms with van der Waals surface area (Å²) in [5, 5.41) is 19.7. The SMILES string of the molecule is CC(O)/C=C/C12C(O)C1(C)CC(=O)CC2(C)C. The molecular formula is C14H22O3. The summed E-state index contributed by atoms with van der Waals surface area (Å²) in [6.45, 7) is 7.74. The van der Waals surface area contributed by atoms with Crippen LogP contribution in [0.5, 0.6) is 0 Å². The highest BCUT2D eigenvalue weighted by atomic mass is 16.3. The largest absolute Gasteiger partial charge is 0.392 e. The fourth-order valence-corrected chi connectivity index (χ4v) is 3.98. The van der Waals surface area contributed by atoms with Crippen molar-refractivity contribution in [3.63, 3.8) is 0 Å². The Bertz CT molecular complexity index is 365. The molecule has 2 rings (SSSR count). The van der Waals surface area contributed by atoms with Gasteiger partial charge in [-0.05, 0) is 12.3 Å². The van der Waals surface area contributed by atoms with Crippen molar-refractivity contribution < 1.29 is 15.0 Å². The monoisotopic (exact) mass is 238 g/mol. The third-order valence-electron chi connectivity index (χ3n) is 4.86. The number of carbonyl (C=O) groups excluding carboxylic acids is 1. The maximum atomic E-state index is 11.8. The quantitative estimate of drug-likeness (QED) is 0.720. The van der Waals surface area contributed by atoms with Crippen LogP contribution in [0.15, 0.2) is 12.2 Å². The number of fused-ring (bicyclic) bond motifs is 1. The standard InChI is InChI=1S/C14H22O3/c1-9(15)5-6-14-11(17)13(14,4)8-10(16)7-12(14,2)3/h5-6,9,11,15,17H,7-8H2,1-4H3/b6-5+. The van der Waals surface area contributed by atoms with E-state index in [0.29, 0.717) is 12.8 Å². The summed E-state index contributed by atoms with van der Waals surface area (Å²) in [6, 6.07) is 0. The molecule has 96 valence electrons. The number of carbonyl (C=O) groups is 1. The average Bonchev–Trinajstić information content (AvgIpc) is 2.60. The van der Waals surface area contributed by atoms with E-state index >= 15 is 0 Å². The van der Waals surface area contributed by atoms with Gasteiger partial charge in [0, 0.05) is 23.7 Å². The molecule has 2 aliphatic carbocycles. The van der Waals surface area contributed by atoms with Crippen LogP contribution in [0.25, 0.3) is 0 Å². The number of hydrogen-bond acceptors (Lipinski definition) is 3. The Labute approximate surface area is 103 Å². The average molecular weight is 238 g/mol. The topological polar surface area (TPSA) is 57.5 Å². The molecular weight excluding hydrogens is 216 g/mol. The van der Waals surface area contributed by atoms with Gasteiger partial charge in [-0.1, -0.05) is 32.9 Å². The number of hydrogen-bond donors (Lipinski definition) is 2. The van der Waals surface area contributed by atoms with E-state index in [9.17, 15) is 15.0 Å². The second-order valence-electron chi connectivity index (χ2n) is 6.56. The second kappa shape index (κ2) is 3.42. The third-order valence-corrected chi connectivity index (χ3v) is 4.86. The first-order valence-corrected chi connectivity index (χ1v) is 6.24. The van der Waals surface area contributed by atoms with Crippen LogP contribution >= 0.6 is 0 Å². The highest BCUT2D eigenvalue weighted by Crippen LogP contribution is 2.77. The molecule has 0 radical (unpaired) electrons. The van der Waals surface area contributed by atoms with Crippen LogP contribution in [-0.4, -0.2) is 28.2 Å². The molecule has 0 saturated heterocycles. The van der Waals surface area contributed by atoms with Crippen LogP contribution in [0.2, 0.25) is 0 Å². The van der Waals surface area contributed by atoms with Gasteiger partial charge in [-0.3, -0.25) is 4.79 Å². The molecule has 0 spiro atoms. The van der Waals surface area contributed by atoms with Crippen LogP contribution in [0.3, 0.4) is 0 Å². The van der Waals surface area contributed by atoms with Crippen LogP contribution in [-0.2, 0) is 4.79 Å². The molecule has 4 atom stereocenters. The molecule has 17 heavy (non-hydrogen) atoms. The van der Waals surface area contributed by atoms with E-state index < -0.39 is 12.2 Å². The predicted molar refractivity (Wildman–Crippen MR) is 65.4 cm³/mol. The molecule has 2 aliphatic rings. The Morgan fingerprint density at radius 1 is 1.35 bits per heavy atom. The lowest BCUT2D eigenvalue weighted by Gasteiger charge is -2.39. The third kappa shape index (κ3) is 1.45. The van der Waals surface area contributed by atoms with Crippen molar-refractivity contribution >= 4 is 5.78 Å². The van der Waals surface area contributed by atoms with Gasteiger partial charge in [-0.2, -0.15) is 0 Å². The molecule has 0 aromatic heterocycles. The Hall–Kier alpha value is -0.670. The first-order valence-electron chi connectivity index (χ1n) is 6.24. The number of aliphatic hydroxyl groups excluding tert-OH is 2. The summed E-state index contributed by atoms with van der Waals surface area (Å²) in [5.41, 5.74) is -0.954. The number of rotatable bonds is 2. The number of ketones is 1. The first kappa shape index (κ1) is 12.8. The molecule has 0 heterocycles. The summed E-state index contributed by atoms with van der Waals surface area (Å²) in [7, 11) is 0. The number of Topliss-reactive ketones (excluding diaryl/α,β-unsaturated/α-hetero) is 1. The minimum atomic E-state index is -0.519. The van der Waals surface area contributed by atoms with Crippen molar-refractivity contribution in [1.82, 2.24) is 0 Å². The van der Waals surface area contributed by atoms with Crippen molar-refractivity contribution in [2.75, 3.05) is 0 Å². The molecule has 3 heteroatoms. The van der Waals surface area contributed by atoms with Gasteiger partial charge in [0.2, 0.25) is 0 Å². The van der Waals surface area contributed by atoms with E-state index in [1.807, 2.05) is 26.8 Å². The Balaban J connectivity index is 2.41. The second-order valence-corrected chi connectivity index (χ2v) is 6.56. The van der Waals surface area contributed by atoms with Gasteiger partial charge >= 0.3 is 0 Å². The normalized spacial score (nSPS) is 45.8. The van der Waals surface area contributed by atoms with Crippen molar-refractivity contribution in [1.29, 1.82) is 0 Å². The van der Waals surface area contributed by atoms with Gasteiger partial charge in [0.05, 0.1) is 12.2 Å². The van der Waals surface area contributed by atoms with Gasteiger partial charge in [-0.15, -0.1) is 0 Å². The molecule has 3 nitrogen and oxygen atoms in total. The Morgan fingerprint density at radius 2 is 1.94 bits per heavy atom. The van der Waals surface area contributed by atoms with E-state index in [1.54, 1.807) is 13.0 Å². The predicted octanol–water partition coefficient (Wildman–Crippen LogP) is 1.68. The van der Waals surface area contributed by atoms with Crippen LogP contribution in [0.4, 0.5) is 0 Å². The summed E-state index contributed by atoms with van der Waals surface area (Å²) in [5.74, 6) is 0.232. The van der Waals surface area contributed by atoms with E-state index in [4.69, 9.17) is 0 Å².